The molecule has 0 radical (unpaired) electrons. The van der Waals surface area contributed by atoms with E-state index in [0.717, 1.165) is 33.2 Å². The summed E-state index contributed by atoms with van der Waals surface area (Å²) in [7, 11) is 0. The fourth-order valence-electron chi connectivity index (χ4n) is 5.12. The Bertz CT molecular complexity index is 1630. The molecule has 2 aliphatic rings. The molecule has 2 atom stereocenters. The maximum Gasteiger partial charge on any atom is 0.258 e. The minimum atomic E-state index is -1.10. The summed E-state index contributed by atoms with van der Waals surface area (Å²) in [5.74, 6) is 6.05. The van der Waals surface area contributed by atoms with Crippen LogP contribution in [0.1, 0.15) is 60.3 Å². The Morgan fingerprint density at radius 2 is 1.98 bits per heavy atom. The highest BCUT2D eigenvalue weighted by molar-refractivity contribution is 5.89. The van der Waals surface area contributed by atoms with E-state index in [1.165, 1.54) is 11.2 Å². The first-order valence-electron chi connectivity index (χ1n) is 13.6. The number of aryl methyl sites for hydroxylation is 2. The van der Waals surface area contributed by atoms with Gasteiger partial charge in [-0.3, -0.25) is 9.59 Å². The van der Waals surface area contributed by atoms with Gasteiger partial charge in [-0.15, -0.1) is 0 Å². The van der Waals surface area contributed by atoms with Crippen molar-refractivity contribution in [3.05, 3.63) is 86.2 Å². The van der Waals surface area contributed by atoms with E-state index in [2.05, 4.69) is 18.0 Å². The van der Waals surface area contributed by atoms with E-state index in [-0.39, 0.29) is 31.0 Å². The van der Waals surface area contributed by atoms with Gasteiger partial charge in [-0.1, -0.05) is 20.4 Å². The molecule has 5 rings (SSSR count). The van der Waals surface area contributed by atoms with Crippen molar-refractivity contribution in [3.63, 3.8) is 0 Å². The molecule has 0 saturated heterocycles. The number of fused-ring (bicyclic) bond motifs is 5. The lowest BCUT2D eigenvalue weighted by molar-refractivity contribution is -0.124. The second-order valence-electron chi connectivity index (χ2n) is 10.1. The Morgan fingerprint density at radius 1 is 1.29 bits per heavy atom. The number of nitrogens with one attached hydrogen (secondary N) is 1. The number of amides is 1. The summed E-state index contributed by atoms with van der Waals surface area (Å²) in [6.07, 6.45) is 0.441. The van der Waals surface area contributed by atoms with Crippen LogP contribution in [0.25, 0.3) is 22.3 Å². The van der Waals surface area contributed by atoms with E-state index in [4.69, 9.17) is 26.4 Å². The minimum Gasteiger partial charge on any atom is -0.491 e. The van der Waals surface area contributed by atoms with Gasteiger partial charge in [-0.05, 0) is 55.7 Å². The van der Waals surface area contributed by atoms with Crippen LogP contribution in [0.2, 0.25) is 0 Å². The molecule has 4 heterocycles. The van der Waals surface area contributed by atoms with Gasteiger partial charge in [-0.2, -0.15) is 0 Å². The molecule has 7 N–H and O–H groups in total. The van der Waals surface area contributed by atoms with Crippen LogP contribution in [0.3, 0.4) is 0 Å². The van der Waals surface area contributed by atoms with Gasteiger partial charge in [0.15, 0.2) is 0 Å². The van der Waals surface area contributed by atoms with Crippen molar-refractivity contribution in [1.82, 2.24) is 19.9 Å². The third-order valence-corrected chi connectivity index (χ3v) is 7.49. The number of carbonyl (C=O) groups is 1. The smallest absolute Gasteiger partial charge is 0.258 e. The molecule has 0 aliphatic carbocycles. The van der Waals surface area contributed by atoms with Crippen molar-refractivity contribution >= 4 is 16.8 Å². The molecule has 0 spiro atoms. The SMILES string of the molecule is C=C1OCc2c(cc3n(c2=O)Cc2c-3nc3cc(C)c(C)cc3c2CN(N)/C=C(\N)C(C)NC(=O)CO)C1O.CC. The number of hydrogen-bond donors (Lipinski definition) is 5. The monoisotopic (exact) mass is 562 g/mol. The third kappa shape index (κ3) is 5.43. The largest absolute Gasteiger partial charge is 0.491 e. The van der Waals surface area contributed by atoms with Crippen molar-refractivity contribution in [1.29, 1.82) is 0 Å². The van der Waals surface area contributed by atoms with Crippen LogP contribution in [0.5, 0.6) is 0 Å². The Balaban J connectivity index is 0.00000189. The third-order valence-electron chi connectivity index (χ3n) is 7.49. The Morgan fingerprint density at radius 3 is 2.66 bits per heavy atom. The highest BCUT2D eigenvalue weighted by atomic mass is 16.5. The topological polar surface area (TPSA) is 169 Å². The van der Waals surface area contributed by atoms with Gasteiger partial charge in [0.1, 0.15) is 25.1 Å². The highest BCUT2D eigenvalue weighted by Crippen LogP contribution is 2.39. The van der Waals surface area contributed by atoms with Gasteiger partial charge >= 0.3 is 0 Å². The fraction of sp³-hybridized carbons (Fsp3) is 0.367. The molecule has 2 unspecified atom stereocenters. The van der Waals surface area contributed by atoms with Gasteiger partial charge in [0, 0.05) is 28.4 Å². The van der Waals surface area contributed by atoms with E-state index < -0.39 is 24.7 Å². The lowest BCUT2D eigenvalue weighted by Crippen LogP contribution is -2.39. The molecular formula is C30H38N6O5. The molecule has 11 heteroatoms. The van der Waals surface area contributed by atoms with Crippen molar-refractivity contribution < 1.29 is 19.7 Å². The Hall–Kier alpha value is -4.19. The predicted octanol–water partition coefficient (Wildman–Crippen LogP) is 2.12. The van der Waals surface area contributed by atoms with Crippen LogP contribution in [0.4, 0.5) is 0 Å². The summed E-state index contributed by atoms with van der Waals surface area (Å²) < 4.78 is 7.09. The summed E-state index contributed by atoms with van der Waals surface area (Å²) >= 11 is 0. The quantitative estimate of drug-likeness (QED) is 0.175. The maximum absolute atomic E-state index is 13.5. The number of nitrogens with zero attached hydrogens (tertiary/aromatic N) is 3. The lowest BCUT2D eigenvalue weighted by Gasteiger charge is -2.24. The van der Waals surface area contributed by atoms with Crippen molar-refractivity contribution in [2.75, 3.05) is 6.61 Å². The van der Waals surface area contributed by atoms with Gasteiger partial charge in [0.05, 0.1) is 41.6 Å². The van der Waals surface area contributed by atoms with Crippen LogP contribution < -0.4 is 22.5 Å². The zero-order chi connectivity index (χ0) is 30.2. The van der Waals surface area contributed by atoms with Crippen molar-refractivity contribution in [2.45, 2.75) is 66.5 Å². The lowest BCUT2D eigenvalue weighted by atomic mass is 9.96. The number of benzene rings is 1. The first-order valence-corrected chi connectivity index (χ1v) is 13.6. The van der Waals surface area contributed by atoms with E-state index in [1.807, 2.05) is 33.8 Å². The first kappa shape index (κ1) is 29.8. The molecule has 11 nitrogen and oxygen atoms in total. The second kappa shape index (κ2) is 11.7. The van der Waals surface area contributed by atoms with Crippen molar-refractivity contribution in [2.24, 2.45) is 11.6 Å². The standard InChI is InChI=1S/C28H32N6O5.C2H6/c1-13-5-17-19(8-33(30)10-22(29)15(3)31-25(36)11-35)20-9-34-24(26(20)32-23(17)6-14(13)2)7-18-21(28(34)38)12-39-16(4)27(18)37;1-2/h5-7,10,15,27,35,37H,4,8-9,11-12,29-30H2,1-3H3,(H,31,36);1-2H3/b22-10-;. The number of aliphatic hydroxyl groups is 2. The molecule has 218 valence electrons. The number of nitrogens with two attached hydrogens (primary N) is 2. The number of carbonyl (C=O) groups excluding carboxylic acids is 1. The number of hydrogen-bond acceptors (Lipinski definition) is 9. The number of hydrazine groups is 1. The van der Waals surface area contributed by atoms with Gasteiger partial charge < -0.3 is 35.6 Å². The molecule has 1 amide bonds. The Kier molecular flexibility index (Phi) is 8.52. The van der Waals surface area contributed by atoms with E-state index in [9.17, 15) is 14.7 Å². The van der Waals surface area contributed by atoms with Gasteiger partial charge in [0.25, 0.3) is 5.56 Å². The van der Waals surface area contributed by atoms with Crippen LogP contribution in [0, 0.1) is 13.8 Å². The summed E-state index contributed by atoms with van der Waals surface area (Å²) in [6, 6.07) is 5.33. The molecule has 0 fully saturated rings. The Labute approximate surface area is 238 Å². The number of rotatable bonds is 6. The average Bonchev–Trinajstić information content (AvgIpc) is 3.31. The van der Waals surface area contributed by atoms with Crippen LogP contribution >= 0.6 is 0 Å². The van der Waals surface area contributed by atoms with Crippen LogP contribution in [0.15, 0.2) is 47.2 Å². The molecule has 3 aromatic rings. The number of ether oxygens (including phenoxy) is 1. The summed E-state index contributed by atoms with van der Waals surface area (Å²) in [4.78, 5) is 30.0. The summed E-state index contributed by atoms with van der Waals surface area (Å²) in [6.45, 7) is 13.4. The zero-order valence-corrected chi connectivity index (χ0v) is 24.1. The van der Waals surface area contributed by atoms with E-state index in [0.29, 0.717) is 28.2 Å². The van der Waals surface area contributed by atoms with Gasteiger partial charge in [-0.25, -0.2) is 10.8 Å². The average molecular weight is 563 g/mol. The number of pyridine rings is 2. The highest BCUT2D eigenvalue weighted by Gasteiger charge is 2.33. The fourth-order valence-corrected chi connectivity index (χ4v) is 5.12. The van der Waals surface area contributed by atoms with Gasteiger partial charge in [0.2, 0.25) is 5.91 Å². The number of aromatic nitrogens is 2. The van der Waals surface area contributed by atoms with E-state index in [1.54, 1.807) is 17.6 Å². The molecule has 2 aromatic heterocycles. The van der Waals surface area contributed by atoms with E-state index >= 15 is 0 Å². The molecule has 0 bridgehead atoms. The predicted molar refractivity (Wildman–Crippen MR) is 157 cm³/mol. The zero-order valence-electron chi connectivity index (χ0n) is 24.1. The second-order valence-corrected chi connectivity index (χ2v) is 10.1. The first-order chi connectivity index (χ1) is 19.5. The molecule has 0 saturated carbocycles. The summed E-state index contributed by atoms with van der Waals surface area (Å²) in [5.41, 5.74) is 13.0. The molecule has 1 aromatic carbocycles. The van der Waals surface area contributed by atoms with Crippen LogP contribution in [-0.2, 0) is 29.2 Å². The molecule has 41 heavy (non-hydrogen) atoms. The normalized spacial score (nSPS) is 16.1. The van der Waals surface area contributed by atoms with Crippen LogP contribution in [-0.4, -0.2) is 43.3 Å². The number of aliphatic hydroxyl groups excluding tert-OH is 2. The molecule has 2 aliphatic heterocycles. The maximum atomic E-state index is 13.5. The summed E-state index contributed by atoms with van der Waals surface area (Å²) in [5, 5.41) is 24.6. The minimum absolute atomic E-state index is 0.0486. The molecular weight excluding hydrogens is 524 g/mol. The van der Waals surface area contributed by atoms with Crippen molar-refractivity contribution in [3.8, 4) is 11.4 Å².